The summed E-state index contributed by atoms with van der Waals surface area (Å²) in [5.41, 5.74) is 1.89. The number of amides is 1. The number of hydrogen-bond donors (Lipinski definition) is 2. The standard InChI is InChI=1S/C16H25FN2O/c1-5-16(3,4)19-15(20)11-18-9-8-13-6-7-14(17)10-12(13)2/h6-7,10,18H,5,8-9,11H2,1-4H3,(H,19,20). The van der Waals surface area contributed by atoms with E-state index in [4.69, 9.17) is 0 Å². The van der Waals surface area contributed by atoms with Gasteiger partial charge in [0, 0.05) is 5.54 Å². The van der Waals surface area contributed by atoms with Crippen LogP contribution in [-0.2, 0) is 11.2 Å². The Bertz CT molecular complexity index is 458. The van der Waals surface area contributed by atoms with Crippen molar-refractivity contribution in [1.29, 1.82) is 0 Å². The van der Waals surface area contributed by atoms with Crippen molar-refractivity contribution in [2.75, 3.05) is 13.1 Å². The molecule has 0 spiro atoms. The molecule has 1 rings (SSSR count). The molecule has 0 heterocycles. The molecule has 0 saturated heterocycles. The normalized spacial score (nSPS) is 11.4. The van der Waals surface area contributed by atoms with Gasteiger partial charge in [-0.15, -0.1) is 0 Å². The molecule has 0 aliphatic rings. The molecular formula is C16H25FN2O. The Morgan fingerprint density at radius 3 is 2.65 bits per heavy atom. The van der Waals surface area contributed by atoms with E-state index in [1.165, 1.54) is 12.1 Å². The number of nitrogens with one attached hydrogen (secondary N) is 2. The van der Waals surface area contributed by atoms with Gasteiger partial charge in [-0.2, -0.15) is 0 Å². The summed E-state index contributed by atoms with van der Waals surface area (Å²) in [6, 6.07) is 4.80. The SMILES string of the molecule is CCC(C)(C)NC(=O)CNCCc1ccc(F)cc1C. The Kier molecular flexibility index (Phi) is 6.14. The van der Waals surface area contributed by atoms with Crippen molar-refractivity contribution >= 4 is 5.91 Å². The molecule has 2 N–H and O–H groups in total. The molecule has 0 radical (unpaired) electrons. The van der Waals surface area contributed by atoms with E-state index in [1.54, 1.807) is 6.07 Å². The maximum absolute atomic E-state index is 13.0. The number of carbonyl (C=O) groups excluding carboxylic acids is 1. The van der Waals surface area contributed by atoms with E-state index in [1.807, 2.05) is 27.7 Å². The summed E-state index contributed by atoms with van der Waals surface area (Å²) in [6.07, 6.45) is 1.68. The Morgan fingerprint density at radius 1 is 1.35 bits per heavy atom. The zero-order valence-electron chi connectivity index (χ0n) is 12.8. The Morgan fingerprint density at radius 2 is 2.05 bits per heavy atom. The molecule has 1 aromatic carbocycles. The van der Waals surface area contributed by atoms with Gasteiger partial charge in [0.2, 0.25) is 5.91 Å². The summed E-state index contributed by atoms with van der Waals surface area (Å²) in [5.74, 6) is -0.201. The number of rotatable bonds is 7. The van der Waals surface area contributed by atoms with Gasteiger partial charge in [0.25, 0.3) is 0 Å². The number of hydrogen-bond acceptors (Lipinski definition) is 2. The zero-order chi connectivity index (χ0) is 15.2. The first-order valence-electron chi connectivity index (χ1n) is 7.11. The lowest BCUT2D eigenvalue weighted by Crippen LogP contribution is -2.46. The second-order valence-corrected chi connectivity index (χ2v) is 5.78. The highest BCUT2D eigenvalue weighted by Crippen LogP contribution is 2.10. The molecule has 0 bridgehead atoms. The second-order valence-electron chi connectivity index (χ2n) is 5.78. The van der Waals surface area contributed by atoms with Crippen LogP contribution < -0.4 is 10.6 Å². The third-order valence-corrected chi connectivity index (χ3v) is 3.52. The Labute approximate surface area is 121 Å². The predicted molar refractivity (Wildman–Crippen MR) is 80.2 cm³/mol. The van der Waals surface area contributed by atoms with Crippen LogP contribution in [0.5, 0.6) is 0 Å². The van der Waals surface area contributed by atoms with Gasteiger partial charge in [-0.25, -0.2) is 4.39 Å². The van der Waals surface area contributed by atoms with Crippen molar-refractivity contribution in [3.05, 3.63) is 35.1 Å². The molecule has 0 aliphatic carbocycles. The van der Waals surface area contributed by atoms with Crippen molar-refractivity contribution in [3.8, 4) is 0 Å². The molecular weight excluding hydrogens is 255 g/mol. The van der Waals surface area contributed by atoms with Crippen LogP contribution >= 0.6 is 0 Å². The number of carbonyl (C=O) groups is 1. The molecule has 0 fully saturated rings. The minimum Gasteiger partial charge on any atom is -0.350 e. The fraction of sp³-hybridized carbons (Fsp3) is 0.562. The van der Waals surface area contributed by atoms with E-state index >= 15 is 0 Å². The van der Waals surface area contributed by atoms with Gasteiger partial charge in [0.05, 0.1) is 6.54 Å². The monoisotopic (exact) mass is 280 g/mol. The van der Waals surface area contributed by atoms with E-state index < -0.39 is 0 Å². The third kappa shape index (κ3) is 5.70. The molecule has 0 aromatic heterocycles. The molecule has 0 saturated carbocycles. The van der Waals surface area contributed by atoms with Crippen LogP contribution in [-0.4, -0.2) is 24.5 Å². The minimum absolute atomic E-state index is 0.00711. The lowest BCUT2D eigenvalue weighted by Gasteiger charge is -2.24. The van der Waals surface area contributed by atoms with Crippen molar-refractivity contribution in [1.82, 2.24) is 10.6 Å². The van der Waals surface area contributed by atoms with Crippen molar-refractivity contribution in [2.45, 2.75) is 46.1 Å². The highest BCUT2D eigenvalue weighted by Gasteiger charge is 2.16. The molecule has 0 aliphatic heterocycles. The first-order valence-corrected chi connectivity index (χ1v) is 7.11. The van der Waals surface area contributed by atoms with Gasteiger partial charge in [0.1, 0.15) is 5.82 Å². The van der Waals surface area contributed by atoms with Crippen LogP contribution in [0.2, 0.25) is 0 Å². The van der Waals surface area contributed by atoms with E-state index in [0.29, 0.717) is 13.1 Å². The van der Waals surface area contributed by atoms with Gasteiger partial charge in [-0.1, -0.05) is 13.0 Å². The number of halogens is 1. The lowest BCUT2D eigenvalue weighted by molar-refractivity contribution is -0.121. The summed E-state index contributed by atoms with van der Waals surface area (Å²) < 4.78 is 13.0. The van der Waals surface area contributed by atoms with Gasteiger partial charge < -0.3 is 10.6 Å². The third-order valence-electron chi connectivity index (χ3n) is 3.52. The molecule has 4 heteroatoms. The lowest BCUT2D eigenvalue weighted by atomic mass is 10.0. The van der Waals surface area contributed by atoms with Crippen molar-refractivity contribution in [2.24, 2.45) is 0 Å². The second kappa shape index (κ2) is 7.39. The largest absolute Gasteiger partial charge is 0.350 e. The summed E-state index contributed by atoms with van der Waals surface area (Å²) in [6.45, 7) is 8.97. The van der Waals surface area contributed by atoms with Gasteiger partial charge in [0.15, 0.2) is 0 Å². The average molecular weight is 280 g/mol. The molecule has 1 amide bonds. The summed E-state index contributed by atoms with van der Waals surface area (Å²) >= 11 is 0. The maximum Gasteiger partial charge on any atom is 0.234 e. The van der Waals surface area contributed by atoms with Gasteiger partial charge in [-0.3, -0.25) is 4.79 Å². The minimum atomic E-state index is -0.208. The predicted octanol–water partition coefficient (Wildman–Crippen LogP) is 2.57. The summed E-state index contributed by atoms with van der Waals surface area (Å²) in [4.78, 5) is 11.7. The van der Waals surface area contributed by atoms with Crippen LogP contribution in [0.15, 0.2) is 18.2 Å². The number of aryl methyl sites for hydroxylation is 1. The number of benzene rings is 1. The smallest absolute Gasteiger partial charge is 0.234 e. The van der Waals surface area contributed by atoms with Crippen LogP contribution in [0.1, 0.15) is 38.3 Å². The molecule has 112 valence electrons. The van der Waals surface area contributed by atoms with Crippen LogP contribution in [0, 0.1) is 12.7 Å². The highest BCUT2D eigenvalue weighted by atomic mass is 19.1. The molecule has 1 aromatic rings. The Balaban J connectivity index is 2.30. The topological polar surface area (TPSA) is 41.1 Å². The average Bonchev–Trinajstić information content (AvgIpc) is 2.36. The molecule has 0 atom stereocenters. The van der Waals surface area contributed by atoms with Crippen LogP contribution in [0.25, 0.3) is 0 Å². The van der Waals surface area contributed by atoms with Crippen molar-refractivity contribution < 1.29 is 9.18 Å². The van der Waals surface area contributed by atoms with Crippen LogP contribution in [0.3, 0.4) is 0 Å². The van der Waals surface area contributed by atoms with Gasteiger partial charge in [-0.05, 0) is 63.4 Å². The summed E-state index contributed by atoms with van der Waals surface area (Å²) in [5, 5.41) is 6.09. The first-order chi connectivity index (χ1) is 9.34. The maximum atomic E-state index is 13.0. The van der Waals surface area contributed by atoms with Crippen LogP contribution in [0.4, 0.5) is 4.39 Å². The van der Waals surface area contributed by atoms with Crippen molar-refractivity contribution in [3.63, 3.8) is 0 Å². The molecule has 3 nitrogen and oxygen atoms in total. The first kappa shape index (κ1) is 16.6. The fourth-order valence-electron chi connectivity index (χ4n) is 1.87. The molecule has 0 unspecified atom stereocenters. The van der Waals surface area contributed by atoms with Gasteiger partial charge >= 0.3 is 0 Å². The quantitative estimate of drug-likeness (QED) is 0.754. The molecule has 20 heavy (non-hydrogen) atoms. The highest BCUT2D eigenvalue weighted by molar-refractivity contribution is 5.78. The van der Waals surface area contributed by atoms with E-state index in [0.717, 1.165) is 24.0 Å². The zero-order valence-corrected chi connectivity index (χ0v) is 12.8. The summed E-state index contributed by atoms with van der Waals surface area (Å²) in [7, 11) is 0. The fourth-order valence-corrected chi connectivity index (χ4v) is 1.87. The Hall–Kier alpha value is -1.42. The van der Waals surface area contributed by atoms with E-state index in [2.05, 4.69) is 10.6 Å². The van der Waals surface area contributed by atoms with E-state index in [-0.39, 0.29) is 17.3 Å². The van der Waals surface area contributed by atoms with E-state index in [9.17, 15) is 9.18 Å².